The van der Waals surface area contributed by atoms with E-state index < -0.39 is 27.8 Å². The molecular formula is C19H21NO5S. The molecule has 0 aliphatic heterocycles. The molecule has 0 radical (unpaired) electrons. The number of carbonyl (C=O) groups is 2. The molecule has 2 aromatic rings. The zero-order chi connectivity index (χ0) is 19.3. The fourth-order valence-corrected chi connectivity index (χ4v) is 3.76. The van der Waals surface area contributed by atoms with Crippen LogP contribution in [0.15, 0.2) is 53.4 Å². The number of rotatable bonds is 7. The molecule has 6 nitrogen and oxygen atoms in total. The van der Waals surface area contributed by atoms with Crippen LogP contribution in [0.2, 0.25) is 0 Å². The SMILES string of the molecule is Cc1ccccc1C(CC(=O)O)NC(=O)Cc1ccccc1S(C)(=O)=O. The van der Waals surface area contributed by atoms with Crippen LogP contribution in [0, 0.1) is 6.92 Å². The number of benzene rings is 2. The van der Waals surface area contributed by atoms with Crippen LogP contribution >= 0.6 is 0 Å². The van der Waals surface area contributed by atoms with Gasteiger partial charge in [0.1, 0.15) is 0 Å². The third-order valence-electron chi connectivity index (χ3n) is 4.00. The van der Waals surface area contributed by atoms with E-state index >= 15 is 0 Å². The van der Waals surface area contributed by atoms with Crippen LogP contribution in [0.4, 0.5) is 0 Å². The maximum absolute atomic E-state index is 12.5. The van der Waals surface area contributed by atoms with Crippen molar-refractivity contribution in [2.75, 3.05) is 6.26 Å². The van der Waals surface area contributed by atoms with Gasteiger partial charge < -0.3 is 10.4 Å². The first-order valence-electron chi connectivity index (χ1n) is 8.03. The van der Waals surface area contributed by atoms with Crippen LogP contribution in [0.3, 0.4) is 0 Å². The Balaban J connectivity index is 2.24. The maximum Gasteiger partial charge on any atom is 0.305 e. The lowest BCUT2D eigenvalue weighted by atomic mass is 9.98. The molecule has 2 aromatic carbocycles. The van der Waals surface area contributed by atoms with E-state index in [-0.39, 0.29) is 17.7 Å². The monoisotopic (exact) mass is 375 g/mol. The second-order valence-corrected chi connectivity index (χ2v) is 8.12. The molecule has 0 heterocycles. The smallest absolute Gasteiger partial charge is 0.305 e. The van der Waals surface area contributed by atoms with Crippen LogP contribution in [0.1, 0.15) is 29.2 Å². The highest BCUT2D eigenvalue weighted by atomic mass is 32.2. The Labute approximate surface area is 152 Å². The standard InChI is InChI=1S/C19H21NO5S/c1-13-7-3-5-9-15(13)16(12-19(22)23)20-18(21)11-14-8-4-6-10-17(14)26(2,24)25/h3-10,16H,11-12H2,1-2H3,(H,20,21)(H,22,23). The van der Waals surface area contributed by atoms with E-state index in [0.717, 1.165) is 17.4 Å². The molecule has 0 saturated heterocycles. The van der Waals surface area contributed by atoms with E-state index in [4.69, 9.17) is 5.11 Å². The zero-order valence-electron chi connectivity index (χ0n) is 14.6. The highest BCUT2D eigenvalue weighted by Gasteiger charge is 2.21. The summed E-state index contributed by atoms with van der Waals surface area (Å²) in [7, 11) is -3.46. The predicted molar refractivity (Wildman–Crippen MR) is 97.6 cm³/mol. The third-order valence-corrected chi connectivity index (χ3v) is 5.20. The Morgan fingerprint density at radius 1 is 1.08 bits per heavy atom. The van der Waals surface area contributed by atoms with Crippen molar-refractivity contribution in [2.24, 2.45) is 0 Å². The van der Waals surface area contributed by atoms with E-state index in [1.165, 1.54) is 6.07 Å². The van der Waals surface area contributed by atoms with Gasteiger partial charge in [0.05, 0.1) is 23.8 Å². The molecule has 0 aromatic heterocycles. The molecule has 0 aliphatic carbocycles. The Kier molecular flexibility index (Phi) is 6.15. The van der Waals surface area contributed by atoms with E-state index in [1.54, 1.807) is 30.3 Å². The summed E-state index contributed by atoms with van der Waals surface area (Å²) in [5.41, 5.74) is 1.97. The van der Waals surface area contributed by atoms with Crippen molar-refractivity contribution in [3.8, 4) is 0 Å². The molecule has 1 atom stereocenters. The minimum absolute atomic E-state index is 0.0980. The first-order chi connectivity index (χ1) is 12.2. The summed E-state index contributed by atoms with van der Waals surface area (Å²) < 4.78 is 23.7. The van der Waals surface area contributed by atoms with Gasteiger partial charge in [-0.1, -0.05) is 42.5 Å². The van der Waals surface area contributed by atoms with Crippen molar-refractivity contribution in [3.63, 3.8) is 0 Å². The highest BCUT2D eigenvalue weighted by molar-refractivity contribution is 7.90. The molecule has 0 spiro atoms. The number of sulfone groups is 1. The predicted octanol–water partition coefficient (Wildman–Crippen LogP) is 2.27. The molecule has 0 aliphatic rings. The number of nitrogens with one attached hydrogen (secondary N) is 1. The van der Waals surface area contributed by atoms with Crippen molar-refractivity contribution < 1.29 is 23.1 Å². The largest absolute Gasteiger partial charge is 0.481 e. The summed E-state index contributed by atoms with van der Waals surface area (Å²) in [5, 5.41) is 11.9. The minimum atomic E-state index is -3.46. The van der Waals surface area contributed by atoms with Gasteiger partial charge in [0.15, 0.2) is 9.84 Å². The lowest BCUT2D eigenvalue weighted by Gasteiger charge is -2.20. The number of carbonyl (C=O) groups excluding carboxylic acids is 1. The first-order valence-corrected chi connectivity index (χ1v) is 9.92. The summed E-state index contributed by atoms with van der Waals surface area (Å²) in [6.45, 7) is 1.84. The molecule has 138 valence electrons. The molecule has 26 heavy (non-hydrogen) atoms. The van der Waals surface area contributed by atoms with E-state index in [0.29, 0.717) is 5.56 Å². The van der Waals surface area contributed by atoms with E-state index in [9.17, 15) is 18.0 Å². The van der Waals surface area contributed by atoms with Crippen molar-refractivity contribution in [3.05, 3.63) is 65.2 Å². The molecule has 1 amide bonds. The number of amides is 1. The number of carboxylic acids is 1. The lowest BCUT2D eigenvalue weighted by Crippen LogP contribution is -2.32. The van der Waals surface area contributed by atoms with Gasteiger partial charge in [-0.25, -0.2) is 8.42 Å². The number of hydrogen-bond donors (Lipinski definition) is 2. The van der Waals surface area contributed by atoms with E-state index in [2.05, 4.69) is 5.32 Å². The Hall–Kier alpha value is -2.67. The first kappa shape index (κ1) is 19.7. The second-order valence-electron chi connectivity index (χ2n) is 6.13. The summed E-state index contributed by atoms with van der Waals surface area (Å²) in [4.78, 5) is 23.8. The van der Waals surface area contributed by atoms with Gasteiger partial charge >= 0.3 is 5.97 Å². The van der Waals surface area contributed by atoms with Crippen LogP contribution in [-0.4, -0.2) is 31.7 Å². The summed E-state index contributed by atoms with van der Waals surface area (Å²) in [5.74, 6) is -1.47. The summed E-state index contributed by atoms with van der Waals surface area (Å²) in [6.07, 6.45) is 0.680. The molecule has 7 heteroatoms. The number of aryl methyl sites for hydroxylation is 1. The van der Waals surface area contributed by atoms with Crippen LogP contribution < -0.4 is 5.32 Å². The fourth-order valence-electron chi connectivity index (χ4n) is 2.82. The molecular weight excluding hydrogens is 354 g/mol. The van der Waals surface area contributed by atoms with Crippen LogP contribution in [0.5, 0.6) is 0 Å². The van der Waals surface area contributed by atoms with Crippen molar-refractivity contribution >= 4 is 21.7 Å². The highest BCUT2D eigenvalue weighted by Crippen LogP contribution is 2.22. The third kappa shape index (κ3) is 5.16. The average Bonchev–Trinajstić information content (AvgIpc) is 2.53. The molecule has 2 N–H and O–H groups in total. The van der Waals surface area contributed by atoms with Crippen molar-refractivity contribution in [1.82, 2.24) is 5.32 Å². The molecule has 2 rings (SSSR count). The Morgan fingerprint density at radius 2 is 1.69 bits per heavy atom. The van der Waals surface area contributed by atoms with Gasteiger partial charge in [-0.3, -0.25) is 9.59 Å². The van der Waals surface area contributed by atoms with Crippen LogP contribution in [-0.2, 0) is 25.8 Å². The topological polar surface area (TPSA) is 101 Å². The molecule has 1 unspecified atom stereocenters. The normalized spacial score (nSPS) is 12.4. The van der Waals surface area contributed by atoms with Crippen molar-refractivity contribution in [1.29, 1.82) is 0 Å². The van der Waals surface area contributed by atoms with Gasteiger partial charge in [0.2, 0.25) is 5.91 Å². The second kappa shape index (κ2) is 8.14. The maximum atomic E-state index is 12.5. The molecule has 0 fully saturated rings. The van der Waals surface area contributed by atoms with Gasteiger partial charge in [-0.15, -0.1) is 0 Å². The quantitative estimate of drug-likeness (QED) is 0.773. The lowest BCUT2D eigenvalue weighted by molar-refractivity contribution is -0.137. The van der Waals surface area contributed by atoms with Gasteiger partial charge in [0, 0.05) is 6.26 Å². The average molecular weight is 375 g/mol. The molecule has 0 saturated carbocycles. The van der Waals surface area contributed by atoms with E-state index in [1.807, 2.05) is 19.1 Å². The number of carboxylic acid groups (broad SMARTS) is 1. The van der Waals surface area contributed by atoms with Crippen molar-refractivity contribution in [2.45, 2.75) is 30.7 Å². The fraction of sp³-hybridized carbons (Fsp3) is 0.263. The van der Waals surface area contributed by atoms with Gasteiger partial charge in [-0.05, 0) is 29.7 Å². The summed E-state index contributed by atoms with van der Waals surface area (Å²) in [6, 6.07) is 12.8. The zero-order valence-corrected chi connectivity index (χ0v) is 15.4. The van der Waals surface area contributed by atoms with Gasteiger partial charge in [0.25, 0.3) is 0 Å². The summed E-state index contributed by atoms with van der Waals surface area (Å²) >= 11 is 0. The number of aliphatic carboxylic acids is 1. The van der Waals surface area contributed by atoms with Crippen LogP contribution in [0.25, 0.3) is 0 Å². The minimum Gasteiger partial charge on any atom is -0.481 e. The number of hydrogen-bond acceptors (Lipinski definition) is 4. The molecule has 0 bridgehead atoms. The van der Waals surface area contributed by atoms with Gasteiger partial charge in [-0.2, -0.15) is 0 Å². The Bertz CT molecular complexity index is 921. The Morgan fingerprint density at radius 3 is 2.31 bits per heavy atom.